The summed E-state index contributed by atoms with van der Waals surface area (Å²) in [4.78, 5) is 32.9. The highest BCUT2D eigenvalue weighted by Gasteiger charge is 2.24. The molecule has 0 radical (unpaired) electrons. The van der Waals surface area contributed by atoms with Gasteiger partial charge in [-0.15, -0.1) is 0 Å². The van der Waals surface area contributed by atoms with Crippen LogP contribution in [0.15, 0.2) is 48.5 Å². The summed E-state index contributed by atoms with van der Waals surface area (Å²) >= 11 is 0. The monoisotopic (exact) mass is 329 g/mol. The third-order valence-corrected chi connectivity index (χ3v) is 3.31. The van der Waals surface area contributed by atoms with Crippen molar-refractivity contribution in [3.63, 3.8) is 0 Å². The molecular weight excluding hydrogens is 314 g/mol. The van der Waals surface area contributed by atoms with Crippen molar-refractivity contribution in [1.82, 2.24) is 0 Å². The molecule has 0 saturated heterocycles. The number of nitrogens with zero attached hydrogens (tertiary/aromatic N) is 1. The lowest BCUT2D eigenvalue weighted by atomic mass is 10.1. The number of esters is 1. The molecule has 0 fully saturated rings. The summed E-state index contributed by atoms with van der Waals surface area (Å²) in [6, 6.07) is 12.6. The van der Waals surface area contributed by atoms with Gasteiger partial charge in [-0.2, -0.15) is 0 Å². The van der Waals surface area contributed by atoms with Crippen molar-refractivity contribution in [2.45, 2.75) is 19.6 Å². The summed E-state index contributed by atoms with van der Waals surface area (Å²) in [5.74, 6) is -0.753. The predicted molar refractivity (Wildman–Crippen MR) is 84.0 cm³/mol. The van der Waals surface area contributed by atoms with Crippen LogP contribution < -0.4 is 0 Å². The zero-order valence-electron chi connectivity index (χ0n) is 12.9. The molecule has 2 aromatic carbocycles. The van der Waals surface area contributed by atoms with Gasteiger partial charge >= 0.3 is 5.97 Å². The molecule has 0 aliphatic rings. The maximum atomic E-state index is 12.2. The van der Waals surface area contributed by atoms with Crippen LogP contribution in [-0.4, -0.2) is 17.4 Å². The summed E-state index contributed by atoms with van der Waals surface area (Å²) in [5, 5.41) is 10.7. The molecule has 0 aromatic heterocycles. The van der Waals surface area contributed by atoms with Crippen LogP contribution in [0.4, 0.5) is 5.69 Å². The Morgan fingerprint density at radius 3 is 2.33 bits per heavy atom. The van der Waals surface area contributed by atoms with Gasteiger partial charge in [0.2, 0.25) is 6.10 Å². The molecule has 7 heteroatoms. The molecule has 0 bridgehead atoms. The number of rotatable bonds is 7. The maximum Gasteiger partial charge on any atom is 0.352 e. The fraction of sp³-hybridized carbons (Fsp3) is 0.176. The first kappa shape index (κ1) is 17.1. The fourth-order valence-corrected chi connectivity index (χ4v) is 2.01. The van der Waals surface area contributed by atoms with E-state index in [1.165, 1.54) is 24.3 Å². The molecule has 1 unspecified atom stereocenters. The van der Waals surface area contributed by atoms with Gasteiger partial charge in [0.1, 0.15) is 6.61 Å². The fourth-order valence-electron chi connectivity index (χ4n) is 2.01. The Morgan fingerprint density at radius 1 is 1.17 bits per heavy atom. The minimum absolute atomic E-state index is 0.0326. The van der Waals surface area contributed by atoms with Crippen molar-refractivity contribution in [2.24, 2.45) is 0 Å². The quantitative estimate of drug-likeness (QED) is 0.335. The second-order valence-electron chi connectivity index (χ2n) is 5.05. The Balaban J connectivity index is 2.08. The Morgan fingerprint density at radius 2 is 1.79 bits per heavy atom. The van der Waals surface area contributed by atoms with Gasteiger partial charge < -0.3 is 9.47 Å². The summed E-state index contributed by atoms with van der Waals surface area (Å²) in [6.07, 6.45) is -1.27. The molecule has 0 spiro atoms. The molecule has 0 amide bonds. The van der Waals surface area contributed by atoms with E-state index >= 15 is 0 Å². The van der Waals surface area contributed by atoms with Crippen LogP contribution in [0, 0.1) is 17.0 Å². The van der Waals surface area contributed by atoms with Crippen LogP contribution >= 0.6 is 0 Å². The van der Waals surface area contributed by atoms with Gasteiger partial charge in [-0.05, 0) is 24.6 Å². The van der Waals surface area contributed by atoms with E-state index in [1.54, 1.807) is 0 Å². The third kappa shape index (κ3) is 4.39. The number of aryl methyl sites for hydroxylation is 1. The van der Waals surface area contributed by atoms with Crippen molar-refractivity contribution in [2.75, 3.05) is 0 Å². The van der Waals surface area contributed by atoms with Gasteiger partial charge in [0, 0.05) is 17.7 Å². The second kappa shape index (κ2) is 7.87. The molecule has 0 aliphatic heterocycles. The maximum absolute atomic E-state index is 12.2. The van der Waals surface area contributed by atoms with Gasteiger partial charge in [0.15, 0.2) is 0 Å². The number of nitro benzene ring substituents is 1. The summed E-state index contributed by atoms with van der Waals surface area (Å²) in [5.41, 5.74) is 2.04. The summed E-state index contributed by atoms with van der Waals surface area (Å²) in [7, 11) is 0. The molecule has 7 nitrogen and oxygen atoms in total. The van der Waals surface area contributed by atoms with E-state index in [1.807, 2.05) is 31.2 Å². The van der Waals surface area contributed by atoms with Crippen LogP contribution in [0.25, 0.3) is 0 Å². The lowest BCUT2D eigenvalue weighted by molar-refractivity contribution is -0.384. The van der Waals surface area contributed by atoms with Crippen LogP contribution in [0.1, 0.15) is 22.8 Å². The molecule has 2 rings (SSSR count). The van der Waals surface area contributed by atoms with Crippen molar-refractivity contribution >= 4 is 18.1 Å². The van der Waals surface area contributed by atoms with E-state index < -0.39 is 17.0 Å². The third-order valence-electron chi connectivity index (χ3n) is 3.31. The average molecular weight is 329 g/mol. The molecule has 0 saturated carbocycles. The Kier molecular flexibility index (Phi) is 5.62. The Bertz CT molecular complexity index is 724. The van der Waals surface area contributed by atoms with Gasteiger partial charge in [-0.1, -0.05) is 29.8 Å². The van der Waals surface area contributed by atoms with Crippen LogP contribution in [0.2, 0.25) is 0 Å². The van der Waals surface area contributed by atoms with Crippen LogP contribution in [0.5, 0.6) is 0 Å². The van der Waals surface area contributed by atoms with E-state index in [2.05, 4.69) is 0 Å². The van der Waals surface area contributed by atoms with E-state index in [4.69, 9.17) is 9.47 Å². The van der Waals surface area contributed by atoms with Gasteiger partial charge in [0.25, 0.3) is 12.2 Å². The lowest BCUT2D eigenvalue weighted by Crippen LogP contribution is -2.18. The van der Waals surface area contributed by atoms with E-state index in [-0.39, 0.29) is 18.8 Å². The first-order valence-electron chi connectivity index (χ1n) is 7.07. The number of hydrogen-bond acceptors (Lipinski definition) is 6. The first-order chi connectivity index (χ1) is 11.5. The molecule has 0 N–H and O–H groups in total. The van der Waals surface area contributed by atoms with E-state index in [0.717, 1.165) is 11.1 Å². The van der Waals surface area contributed by atoms with Gasteiger partial charge in [0.05, 0.1) is 4.92 Å². The first-order valence-corrected chi connectivity index (χ1v) is 7.07. The normalized spacial score (nSPS) is 11.4. The molecular formula is C17H15NO6. The topological polar surface area (TPSA) is 95.7 Å². The number of benzene rings is 2. The number of carbonyl (C=O) groups excluding carboxylic acids is 2. The van der Waals surface area contributed by atoms with Crippen molar-refractivity contribution in [3.05, 3.63) is 75.3 Å². The van der Waals surface area contributed by atoms with Crippen LogP contribution in [-0.2, 0) is 25.7 Å². The zero-order valence-corrected chi connectivity index (χ0v) is 12.9. The minimum Gasteiger partial charge on any atom is -0.458 e. The van der Waals surface area contributed by atoms with Gasteiger partial charge in [-0.3, -0.25) is 14.9 Å². The number of ether oxygens (including phenoxy) is 2. The summed E-state index contributed by atoms with van der Waals surface area (Å²) < 4.78 is 9.93. The van der Waals surface area contributed by atoms with E-state index in [9.17, 15) is 19.7 Å². The highest BCUT2D eigenvalue weighted by molar-refractivity contribution is 5.77. The molecule has 2 aromatic rings. The predicted octanol–water partition coefficient (Wildman–Crippen LogP) is 2.86. The van der Waals surface area contributed by atoms with Crippen molar-refractivity contribution in [3.8, 4) is 0 Å². The Hall–Kier alpha value is -3.22. The highest BCUT2D eigenvalue weighted by atomic mass is 16.6. The highest BCUT2D eigenvalue weighted by Crippen LogP contribution is 2.22. The van der Waals surface area contributed by atoms with E-state index in [0.29, 0.717) is 5.56 Å². The second-order valence-corrected chi connectivity index (χ2v) is 5.05. The number of non-ortho nitro benzene ring substituents is 1. The Labute approximate surface area is 138 Å². The zero-order chi connectivity index (χ0) is 17.5. The molecule has 0 heterocycles. The van der Waals surface area contributed by atoms with Gasteiger partial charge in [-0.25, -0.2) is 4.79 Å². The molecule has 24 heavy (non-hydrogen) atoms. The lowest BCUT2D eigenvalue weighted by Gasteiger charge is -2.14. The standard InChI is InChI=1S/C17H15NO6/c1-12-2-4-13(5-3-12)10-23-17(20)16(24-11-19)14-6-8-15(9-7-14)18(21)22/h2-9,11,16H,10H2,1H3. The van der Waals surface area contributed by atoms with Crippen molar-refractivity contribution in [1.29, 1.82) is 0 Å². The van der Waals surface area contributed by atoms with Crippen LogP contribution in [0.3, 0.4) is 0 Å². The average Bonchev–Trinajstić information content (AvgIpc) is 2.59. The summed E-state index contributed by atoms with van der Waals surface area (Å²) in [6.45, 7) is 2.11. The SMILES string of the molecule is Cc1ccc(COC(=O)C(OC=O)c2ccc([N+](=O)[O-])cc2)cc1. The molecule has 1 atom stereocenters. The molecule has 124 valence electrons. The number of carbonyl (C=O) groups is 2. The number of nitro groups is 1. The smallest absolute Gasteiger partial charge is 0.352 e. The molecule has 0 aliphatic carbocycles. The number of hydrogen-bond donors (Lipinski definition) is 0. The van der Waals surface area contributed by atoms with Crippen molar-refractivity contribution < 1.29 is 24.0 Å². The minimum atomic E-state index is -1.27. The largest absolute Gasteiger partial charge is 0.458 e.